The zero-order valence-corrected chi connectivity index (χ0v) is 11.6. The lowest BCUT2D eigenvalue weighted by Gasteiger charge is -2.09. The molecule has 0 aliphatic heterocycles. The summed E-state index contributed by atoms with van der Waals surface area (Å²) in [6.45, 7) is 0. The lowest BCUT2D eigenvalue weighted by Crippen LogP contribution is -2.15. The van der Waals surface area contributed by atoms with Gasteiger partial charge >= 0.3 is 0 Å². The van der Waals surface area contributed by atoms with Crippen LogP contribution in [0, 0.1) is 0 Å². The predicted octanol–water partition coefficient (Wildman–Crippen LogP) is 0.874. The Balaban J connectivity index is 2.30. The third-order valence-electron chi connectivity index (χ3n) is 2.73. The normalized spacial score (nSPS) is 11.1. The summed E-state index contributed by atoms with van der Waals surface area (Å²) in [6, 6.07) is 9.83. The van der Waals surface area contributed by atoms with Crippen LogP contribution in [0.1, 0.15) is 10.4 Å². The lowest BCUT2D eigenvalue weighted by atomic mass is 10.1. The highest BCUT2D eigenvalue weighted by atomic mass is 32.2. The summed E-state index contributed by atoms with van der Waals surface area (Å²) in [6.07, 6.45) is 0. The first-order valence-electron chi connectivity index (χ1n) is 5.80. The van der Waals surface area contributed by atoms with Gasteiger partial charge in [-0.25, -0.2) is 13.6 Å². The molecule has 110 valence electrons. The van der Waals surface area contributed by atoms with Gasteiger partial charge in [-0.05, 0) is 30.3 Å². The second-order valence-corrected chi connectivity index (χ2v) is 5.83. The number of sulfonamides is 1. The number of rotatable bonds is 3. The van der Waals surface area contributed by atoms with Gasteiger partial charge in [0.05, 0.1) is 16.1 Å². The molecule has 0 fully saturated rings. The largest absolute Gasteiger partial charge is 0.505 e. The highest BCUT2D eigenvalue weighted by Gasteiger charge is 2.14. The predicted molar refractivity (Wildman–Crippen MR) is 78.3 cm³/mol. The van der Waals surface area contributed by atoms with Gasteiger partial charge in [0.1, 0.15) is 0 Å². The molecule has 0 bridgehead atoms. The molecule has 0 spiro atoms. The molecular formula is C13H13N3O4S. The fourth-order valence-corrected chi connectivity index (χ4v) is 2.25. The highest BCUT2D eigenvalue weighted by molar-refractivity contribution is 7.89. The molecule has 0 aliphatic rings. The van der Waals surface area contributed by atoms with Crippen molar-refractivity contribution in [3.63, 3.8) is 0 Å². The van der Waals surface area contributed by atoms with Crippen LogP contribution in [0.3, 0.4) is 0 Å². The van der Waals surface area contributed by atoms with Crippen LogP contribution in [0.25, 0.3) is 0 Å². The van der Waals surface area contributed by atoms with Gasteiger partial charge in [-0.3, -0.25) is 4.79 Å². The molecular weight excluding hydrogens is 294 g/mol. The quantitative estimate of drug-likeness (QED) is 0.493. The number of primary sulfonamides is 1. The standard InChI is InChI=1S/C13H13N3O4S/c14-11-6-2-5-10(12(11)17)13(18)16-8-3-1-4-9(7-8)21(15,19)20/h1-7,17H,14H2,(H,16,18)(H2,15,19,20). The summed E-state index contributed by atoms with van der Waals surface area (Å²) in [7, 11) is -3.86. The molecule has 0 saturated carbocycles. The number of carbonyl (C=O) groups is 1. The number of aromatic hydroxyl groups is 1. The number of anilines is 2. The van der Waals surface area contributed by atoms with Crippen LogP contribution in [0.15, 0.2) is 47.4 Å². The number of benzene rings is 2. The van der Waals surface area contributed by atoms with Crippen molar-refractivity contribution in [3.05, 3.63) is 48.0 Å². The van der Waals surface area contributed by atoms with Crippen LogP contribution in [-0.4, -0.2) is 19.4 Å². The monoisotopic (exact) mass is 307 g/mol. The van der Waals surface area contributed by atoms with E-state index in [2.05, 4.69) is 5.32 Å². The molecule has 2 aromatic carbocycles. The smallest absolute Gasteiger partial charge is 0.259 e. The Hall–Kier alpha value is -2.58. The molecule has 7 nitrogen and oxygen atoms in total. The first kappa shape index (κ1) is 14.8. The van der Waals surface area contributed by atoms with Crippen molar-refractivity contribution in [1.82, 2.24) is 0 Å². The molecule has 2 rings (SSSR count). The van der Waals surface area contributed by atoms with E-state index in [-0.39, 0.29) is 27.6 Å². The summed E-state index contributed by atoms with van der Waals surface area (Å²) >= 11 is 0. The van der Waals surface area contributed by atoms with Crippen molar-refractivity contribution >= 4 is 27.3 Å². The highest BCUT2D eigenvalue weighted by Crippen LogP contribution is 2.25. The van der Waals surface area contributed by atoms with Crippen LogP contribution in [-0.2, 0) is 10.0 Å². The first-order chi connectivity index (χ1) is 9.79. The topological polar surface area (TPSA) is 136 Å². The summed E-state index contributed by atoms with van der Waals surface area (Å²) in [5.41, 5.74) is 5.79. The van der Waals surface area contributed by atoms with Crippen molar-refractivity contribution in [1.29, 1.82) is 0 Å². The number of carbonyl (C=O) groups excluding carboxylic acids is 1. The lowest BCUT2D eigenvalue weighted by molar-refractivity contribution is 0.102. The number of nitrogens with two attached hydrogens (primary N) is 2. The Morgan fingerprint density at radius 1 is 1.14 bits per heavy atom. The van der Waals surface area contributed by atoms with Crippen molar-refractivity contribution in [2.45, 2.75) is 4.90 Å². The Bertz CT molecular complexity index is 803. The summed E-state index contributed by atoms with van der Waals surface area (Å²) in [5.74, 6) is -0.955. The molecule has 6 N–H and O–H groups in total. The minimum absolute atomic E-state index is 0.0176. The maximum atomic E-state index is 12.0. The molecule has 0 unspecified atom stereocenters. The number of hydrogen-bond acceptors (Lipinski definition) is 5. The van der Waals surface area contributed by atoms with Crippen LogP contribution < -0.4 is 16.2 Å². The van der Waals surface area contributed by atoms with Gasteiger partial charge in [-0.2, -0.15) is 0 Å². The van der Waals surface area contributed by atoms with Crippen molar-refractivity contribution in [2.24, 2.45) is 5.14 Å². The van der Waals surface area contributed by atoms with E-state index < -0.39 is 15.9 Å². The van der Waals surface area contributed by atoms with E-state index in [1.807, 2.05) is 0 Å². The Kier molecular flexibility index (Phi) is 3.83. The second-order valence-electron chi connectivity index (χ2n) is 4.27. The molecule has 0 saturated heterocycles. The van der Waals surface area contributed by atoms with E-state index in [9.17, 15) is 18.3 Å². The third kappa shape index (κ3) is 3.30. The van der Waals surface area contributed by atoms with Gasteiger partial charge < -0.3 is 16.2 Å². The molecule has 0 heterocycles. The van der Waals surface area contributed by atoms with Gasteiger partial charge in [0, 0.05) is 5.69 Å². The van der Waals surface area contributed by atoms with Crippen molar-refractivity contribution in [3.8, 4) is 5.75 Å². The van der Waals surface area contributed by atoms with Gasteiger partial charge in [0.15, 0.2) is 5.75 Å². The van der Waals surface area contributed by atoms with E-state index in [4.69, 9.17) is 10.9 Å². The number of amides is 1. The number of phenols is 1. The zero-order valence-electron chi connectivity index (χ0n) is 10.8. The summed E-state index contributed by atoms with van der Waals surface area (Å²) < 4.78 is 22.5. The van der Waals surface area contributed by atoms with E-state index in [1.54, 1.807) is 0 Å². The number of nitrogens with one attached hydrogen (secondary N) is 1. The molecule has 8 heteroatoms. The Labute approximate surface area is 121 Å². The van der Waals surface area contributed by atoms with Crippen LogP contribution >= 0.6 is 0 Å². The minimum atomic E-state index is -3.86. The number of hydrogen-bond donors (Lipinski definition) is 4. The van der Waals surface area contributed by atoms with Gasteiger partial charge in [-0.15, -0.1) is 0 Å². The Morgan fingerprint density at radius 3 is 2.48 bits per heavy atom. The van der Waals surface area contributed by atoms with Crippen molar-refractivity contribution < 1.29 is 18.3 Å². The van der Waals surface area contributed by atoms with Gasteiger partial charge in [0.25, 0.3) is 5.91 Å². The van der Waals surface area contributed by atoms with Gasteiger partial charge in [0.2, 0.25) is 10.0 Å². The van der Waals surface area contributed by atoms with Crippen LogP contribution in [0.2, 0.25) is 0 Å². The molecule has 0 atom stereocenters. The van der Waals surface area contributed by atoms with Crippen molar-refractivity contribution in [2.75, 3.05) is 11.1 Å². The third-order valence-corrected chi connectivity index (χ3v) is 3.64. The van der Waals surface area contributed by atoms with E-state index in [0.29, 0.717) is 0 Å². The van der Waals surface area contributed by atoms with Gasteiger partial charge in [-0.1, -0.05) is 12.1 Å². The second kappa shape index (κ2) is 5.43. The molecule has 0 radical (unpaired) electrons. The average molecular weight is 307 g/mol. The summed E-state index contributed by atoms with van der Waals surface area (Å²) in [4.78, 5) is 11.9. The maximum absolute atomic E-state index is 12.0. The van der Waals surface area contributed by atoms with Crippen LogP contribution in [0.4, 0.5) is 11.4 Å². The number of nitrogen functional groups attached to an aromatic ring is 1. The van der Waals surface area contributed by atoms with E-state index in [0.717, 1.165) is 0 Å². The zero-order chi connectivity index (χ0) is 15.6. The molecule has 2 aromatic rings. The number of para-hydroxylation sites is 1. The Morgan fingerprint density at radius 2 is 1.81 bits per heavy atom. The van der Waals surface area contributed by atoms with E-state index >= 15 is 0 Å². The molecule has 1 amide bonds. The maximum Gasteiger partial charge on any atom is 0.259 e. The fraction of sp³-hybridized carbons (Fsp3) is 0. The van der Waals surface area contributed by atoms with E-state index in [1.165, 1.54) is 42.5 Å². The SMILES string of the molecule is Nc1cccc(C(=O)Nc2cccc(S(N)(=O)=O)c2)c1O. The van der Waals surface area contributed by atoms with Crippen LogP contribution in [0.5, 0.6) is 5.75 Å². The first-order valence-corrected chi connectivity index (χ1v) is 7.35. The molecule has 21 heavy (non-hydrogen) atoms. The minimum Gasteiger partial charge on any atom is -0.505 e. The summed E-state index contributed by atoms with van der Waals surface area (Å²) in [5, 5.41) is 17.2. The molecule has 0 aliphatic carbocycles. The number of phenolic OH excluding ortho intramolecular Hbond substituents is 1. The molecule has 0 aromatic heterocycles. The average Bonchev–Trinajstić information content (AvgIpc) is 2.41. The fourth-order valence-electron chi connectivity index (χ4n) is 1.69.